The van der Waals surface area contributed by atoms with E-state index < -0.39 is 5.97 Å². The highest BCUT2D eigenvalue weighted by Gasteiger charge is 1.92. The molecule has 2 nitrogen and oxygen atoms in total. The Kier molecular flexibility index (Phi) is 15.2. The first kappa shape index (κ1) is 18.9. The van der Waals surface area contributed by atoms with Gasteiger partial charge in [0.25, 0.3) is 0 Å². The molecule has 0 saturated heterocycles. The highest BCUT2D eigenvalue weighted by Crippen LogP contribution is 2.11. The number of unbranched alkanes of at least 4 members (excludes halogenated alkanes) is 11. The van der Waals surface area contributed by atoms with Gasteiger partial charge in [0.1, 0.15) is 0 Å². The molecule has 0 aliphatic rings. The number of hydrogen-bond acceptors (Lipinski definition) is 1. The lowest BCUT2D eigenvalue weighted by Crippen LogP contribution is -1.84. The van der Waals surface area contributed by atoms with Crippen LogP contribution < -0.4 is 0 Å². The van der Waals surface area contributed by atoms with Gasteiger partial charge in [-0.1, -0.05) is 89.4 Å². The number of allylic oxidation sites excluding steroid dienone is 3. The maximum atomic E-state index is 10.2. The first-order valence-electron chi connectivity index (χ1n) is 8.33. The van der Waals surface area contributed by atoms with E-state index in [0.29, 0.717) is 0 Å². The van der Waals surface area contributed by atoms with E-state index in [1.54, 1.807) is 6.08 Å². The lowest BCUT2D eigenvalue weighted by atomic mass is 10.1. The van der Waals surface area contributed by atoms with Gasteiger partial charge >= 0.3 is 5.97 Å². The van der Waals surface area contributed by atoms with Gasteiger partial charge in [0.15, 0.2) is 0 Å². The van der Waals surface area contributed by atoms with Crippen LogP contribution in [0.25, 0.3) is 0 Å². The zero-order valence-electron chi connectivity index (χ0n) is 13.2. The Labute approximate surface area is 125 Å². The second-order valence-corrected chi connectivity index (χ2v) is 5.45. The van der Waals surface area contributed by atoms with Crippen molar-refractivity contribution >= 4 is 5.97 Å². The lowest BCUT2D eigenvalue weighted by Gasteiger charge is -2.01. The molecule has 0 aliphatic carbocycles. The summed E-state index contributed by atoms with van der Waals surface area (Å²) in [6.45, 7) is 2.26. The maximum Gasteiger partial charge on any atom is 0.328 e. The lowest BCUT2D eigenvalue weighted by molar-refractivity contribution is -0.131. The summed E-state index contributed by atoms with van der Waals surface area (Å²) in [6, 6.07) is 0. The van der Waals surface area contributed by atoms with Crippen LogP contribution in [-0.4, -0.2) is 11.1 Å². The number of carboxylic acid groups (broad SMARTS) is 1. The third-order valence-corrected chi connectivity index (χ3v) is 3.46. The average Bonchev–Trinajstić information content (AvgIpc) is 2.43. The molecule has 2 heteroatoms. The Morgan fingerprint density at radius 2 is 1.30 bits per heavy atom. The van der Waals surface area contributed by atoms with Crippen LogP contribution >= 0.6 is 0 Å². The van der Waals surface area contributed by atoms with Crippen LogP contribution in [0.2, 0.25) is 0 Å². The molecule has 0 saturated carbocycles. The molecular weight excluding hydrogens is 248 g/mol. The molecule has 0 atom stereocenters. The Bertz CT molecular complexity index is 267. The molecule has 0 aromatic carbocycles. The Hall–Kier alpha value is -1.05. The van der Waals surface area contributed by atoms with E-state index >= 15 is 0 Å². The zero-order chi connectivity index (χ0) is 14.9. The number of aliphatic carboxylic acids is 1. The van der Waals surface area contributed by atoms with Crippen LogP contribution in [0.3, 0.4) is 0 Å². The number of carboxylic acids is 1. The molecule has 0 fully saturated rings. The van der Waals surface area contributed by atoms with Gasteiger partial charge in [-0.2, -0.15) is 0 Å². The van der Waals surface area contributed by atoms with Crippen LogP contribution in [0.1, 0.15) is 84.0 Å². The van der Waals surface area contributed by atoms with Gasteiger partial charge in [-0.15, -0.1) is 0 Å². The van der Waals surface area contributed by atoms with Gasteiger partial charge in [0.2, 0.25) is 0 Å². The molecule has 1 N–H and O–H groups in total. The van der Waals surface area contributed by atoms with E-state index in [-0.39, 0.29) is 0 Å². The molecule has 0 bridgehead atoms. The van der Waals surface area contributed by atoms with Crippen LogP contribution in [0.4, 0.5) is 0 Å². The smallest absolute Gasteiger partial charge is 0.328 e. The molecule has 20 heavy (non-hydrogen) atoms. The average molecular weight is 280 g/mol. The van der Waals surface area contributed by atoms with Crippen LogP contribution in [0, 0.1) is 0 Å². The summed E-state index contributed by atoms with van der Waals surface area (Å²) in [5.74, 6) is -0.885. The maximum absolute atomic E-state index is 10.2. The van der Waals surface area contributed by atoms with Crippen molar-refractivity contribution in [2.45, 2.75) is 84.0 Å². The Morgan fingerprint density at radius 3 is 1.80 bits per heavy atom. The molecule has 0 aromatic rings. The van der Waals surface area contributed by atoms with Crippen molar-refractivity contribution in [2.24, 2.45) is 0 Å². The van der Waals surface area contributed by atoms with Gasteiger partial charge in [0.05, 0.1) is 0 Å². The molecule has 0 radical (unpaired) electrons. The van der Waals surface area contributed by atoms with Crippen molar-refractivity contribution in [1.29, 1.82) is 0 Å². The molecular formula is C18H32O2. The molecule has 0 aromatic heterocycles. The first-order chi connectivity index (χ1) is 9.77. The van der Waals surface area contributed by atoms with Gasteiger partial charge in [-0.05, 0) is 12.8 Å². The normalized spacial score (nSPS) is 11.7. The summed E-state index contributed by atoms with van der Waals surface area (Å²) < 4.78 is 0. The number of rotatable bonds is 14. The van der Waals surface area contributed by atoms with Gasteiger partial charge in [-0.25, -0.2) is 4.79 Å². The van der Waals surface area contributed by atoms with Gasteiger partial charge < -0.3 is 5.11 Å². The molecule has 0 rings (SSSR count). The third kappa shape index (κ3) is 16.9. The highest BCUT2D eigenvalue weighted by atomic mass is 16.4. The zero-order valence-corrected chi connectivity index (χ0v) is 13.2. The molecule has 0 unspecified atom stereocenters. The van der Waals surface area contributed by atoms with E-state index in [1.807, 2.05) is 12.2 Å². The van der Waals surface area contributed by atoms with Crippen molar-refractivity contribution in [3.05, 3.63) is 24.3 Å². The van der Waals surface area contributed by atoms with Crippen molar-refractivity contribution in [3.63, 3.8) is 0 Å². The monoisotopic (exact) mass is 280 g/mol. The fourth-order valence-electron chi connectivity index (χ4n) is 2.24. The largest absolute Gasteiger partial charge is 0.478 e. The summed E-state index contributed by atoms with van der Waals surface area (Å²) >= 11 is 0. The minimum Gasteiger partial charge on any atom is -0.478 e. The Morgan fingerprint density at radius 1 is 0.800 bits per heavy atom. The number of hydrogen-bond donors (Lipinski definition) is 1. The minimum atomic E-state index is -0.885. The second kappa shape index (κ2) is 16.0. The quantitative estimate of drug-likeness (QED) is 0.245. The fourth-order valence-corrected chi connectivity index (χ4v) is 2.24. The SMILES string of the molecule is CCCCCCCCCCCCCC=CC=CC(=O)O. The predicted molar refractivity (Wildman–Crippen MR) is 87.0 cm³/mol. The van der Waals surface area contributed by atoms with Crippen molar-refractivity contribution in [1.82, 2.24) is 0 Å². The molecule has 0 heterocycles. The number of carbonyl (C=O) groups is 1. The van der Waals surface area contributed by atoms with Crippen molar-refractivity contribution in [3.8, 4) is 0 Å². The van der Waals surface area contributed by atoms with Crippen LogP contribution in [-0.2, 0) is 4.79 Å². The predicted octanol–water partition coefficient (Wildman–Crippen LogP) is 5.88. The Balaban J connectivity index is 3.11. The third-order valence-electron chi connectivity index (χ3n) is 3.46. The summed E-state index contributed by atoms with van der Waals surface area (Å²) in [5, 5.41) is 8.40. The first-order valence-corrected chi connectivity index (χ1v) is 8.33. The summed E-state index contributed by atoms with van der Waals surface area (Å²) in [7, 11) is 0. The van der Waals surface area contributed by atoms with Gasteiger partial charge in [-0.3, -0.25) is 0 Å². The molecule has 116 valence electrons. The second-order valence-electron chi connectivity index (χ2n) is 5.45. The van der Waals surface area contributed by atoms with E-state index in [4.69, 9.17) is 5.11 Å². The molecule has 0 aliphatic heterocycles. The summed E-state index contributed by atoms with van der Waals surface area (Å²) in [4.78, 5) is 10.2. The van der Waals surface area contributed by atoms with Gasteiger partial charge in [0, 0.05) is 6.08 Å². The topological polar surface area (TPSA) is 37.3 Å². The minimum absolute atomic E-state index is 0.885. The molecule has 0 spiro atoms. The van der Waals surface area contributed by atoms with E-state index in [9.17, 15) is 4.79 Å². The van der Waals surface area contributed by atoms with E-state index in [1.165, 1.54) is 70.6 Å². The highest BCUT2D eigenvalue weighted by molar-refractivity contribution is 5.80. The van der Waals surface area contributed by atoms with Crippen LogP contribution in [0.15, 0.2) is 24.3 Å². The molecule has 0 amide bonds. The van der Waals surface area contributed by atoms with E-state index in [0.717, 1.165) is 12.5 Å². The van der Waals surface area contributed by atoms with Crippen molar-refractivity contribution < 1.29 is 9.90 Å². The standard InChI is InChI=1S/C18H32O2/c1-2-3-4-5-6-7-8-9-10-11-12-13-14-15-16-17-18(19)20/h14-17H,2-13H2,1H3,(H,19,20). The van der Waals surface area contributed by atoms with Crippen molar-refractivity contribution in [2.75, 3.05) is 0 Å². The van der Waals surface area contributed by atoms with Crippen LogP contribution in [0.5, 0.6) is 0 Å². The fraction of sp³-hybridized carbons (Fsp3) is 0.722. The summed E-state index contributed by atoms with van der Waals surface area (Å²) in [5.41, 5.74) is 0. The van der Waals surface area contributed by atoms with E-state index in [2.05, 4.69) is 6.92 Å². The summed E-state index contributed by atoms with van der Waals surface area (Å²) in [6.07, 6.45) is 22.7.